The molecule has 94 valence electrons. The predicted octanol–water partition coefficient (Wildman–Crippen LogP) is 1.97. The summed E-state index contributed by atoms with van der Waals surface area (Å²) in [6, 6.07) is 1.73. The lowest BCUT2D eigenvalue weighted by Gasteiger charge is -2.27. The molecular weight excluding hydrogens is 218 g/mol. The monoisotopic (exact) mass is 237 g/mol. The van der Waals surface area contributed by atoms with Crippen LogP contribution in [0.1, 0.15) is 41.8 Å². The third-order valence-electron chi connectivity index (χ3n) is 3.41. The summed E-state index contributed by atoms with van der Waals surface area (Å²) < 4.78 is 5.24. The van der Waals surface area contributed by atoms with E-state index in [1.807, 2.05) is 6.92 Å². The van der Waals surface area contributed by atoms with E-state index in [-0.39, 0.29) is 18.6 Å². The van der Waals surface area contributed by atoms with E-state index in [1.54, 1.807) is 11.0 Å². The molecule has 17 heavy (non-hydrogen) atoms. The summed E-state index contributed by atoms with van der Waals surface area (Å²) in [5.41, 5.74) is 0.857. The Balaban J connectivity index is 2.18. The average Bonchev–Trinajstić information content (AvgIpc) is 2.64. The number of aryl methyl sites for hydroxylation is 1. The second kappa shape index (κ2) is 5.36. The van der Waals surface area contributed by atoms with E-state index in [9.17, 15) is 9.90 Å². The number of aliphatic hydroxyl groups is 1. The highest BCUT2D eigenvalue weighted by Gasteiger charge is 2.28. The summed E-state index contributed by atoms with van der Waals surface area (Å²) in [6.45, 7) is 2.61. The molecule has 0 aliphatic carbocycles. The fourth-order valence-electron chi connectivity index (χ4n) is 2.36. The van der Waals surface area contributed by atoms with Crippen LogP contribution in [0.4, 0.5) is 0 Å². The topological polar surface area (TPSA) is 53.7 Å². The number of rotatable bonds is 2. The molecule has 0 bridgehead atoms. The Bertz CT molecular complexity index is 386. The van der Waals surface area contributed by atoms with Crippen molar-refractivity contribution in [1.29, 1.82) is 0 Å². The van der Waals surface area contributed by atoms with Crippen molar-refractivity contribution in [2.45, 2.75) is 38.6 Å². The predicted molar refractivity (Wildman–Crippen MR) is 63.8 cm³/mol. The van der Waals surface area contributed by atoms with E-state index < -0.39 is 0 Å². The largest absolute Gasteiger partial charge is 0.459 e. The fourth-order valence-corrected chi connectivity index (χ4v) is 2.36. The van der Waals surface area contributed by atoms with Gasteiger partial charge in [0.15, 0.2) is 5.76 Å². The van der Waals surface area contributed by atoms with Gasteiger partial charge in [0.05, 0.1) is 18.9 Å². The lowest BCUT2D eigenvalue weighted by molar-refractivity contribution is 0.0567. The molecule has 1 aromatic rings. The van der Waals surface area contributed by atoms with Gasteiger partial charge in [0.1, 0.15) is 0 Å². The maximum Gasteiger partial charge on any atom is 0.290 e. The Morgan fingerprint density at radius 2 is 2.35 bits per heavy atom. The number of carbonyl (C=O) groups excluding carboxylic acids is 1. The van der Waals surface area contributed by atoms with Crippen molar-refractivity contribution >= 4 is 5.91 Å². The first-order valence-corrected chi connectivity index (χ1v) is 6.20. The van der Waals surface area contributed by atoms with Crippen molar-refractivity contribution in [2.24, 2.45) is 0 Å². The van der Waals surface area contributed by atoms with Gasteiger partial charge >= 0.3 is 0 Å². The quantitative estimate of drug-likeness (QED) is 0.855. The molecule has 0 saturated carbocycles. The molecule has 1 amide bonds. The van der Waals surface area contributed by atoms with Crippen LogP contribution in [-0.2, 0) is 0 Å². The van der Waals surface area contributed by atoms with Crippen LogP contribution < -0.4 is 0 Å². The minimum absolute atomic E-state index is 0.0332. The third-order valence-corrected chi connectivity index (χ3v) is 3.41. The SMILES string of the molecule is Cc1ccoc1C(=O)N1CCCCCC1CO. The Morgan fingerprint density at radius 1 is 1.53 bits per heavy atom. The molecule has 1 atom stereocenters. The Kier molecular flexibility index (Phi) is 3.84. The average molecular weight is 237 g/mol. The van der Waals surface area contributed by atoms with Crippen molar-refractivity contribution in [3.05, 3.63) is 23.7 Å². The highest BCUT2D eigenvalue weighted by atomic mass is 16.3. The normalized spacial score (nSPS) is 21.3. The Hall–Kier alpha value is -1.29. The zero-order valence-electron chi connectivity index (χ0n) is 10.2. The smallest absolute Gasteiger partial charge is 0.290 e. The lowest BCUT2D eigenvalue weighted by Crippen LogP contribution is -2.42. The maximum absolute atomic E-state index is 12.3. The van der Waals surface area contributed by atoms with Crippen LogP contribution in [0.3, 0.4) is 0 Å². The molecule has 1 aromatic heterocycles. The number of aliphatic hydroxyl groups excluding tert-OH is 1. The van der Waals surface area contributed by atoms with Gasteiger partial charge in [0.25, 0.3) is 5.91 Å². The molecule has 0 radical (unpaired) electrons. The van der Waals surface area contributed by atoms with Crippen molar-refractivity contribution in [3.63, 3.8) is 0 Å². The first-order valence-electron chi connectivity index (χ1n) is 6.20. The van der Waals surface area contributed by atoms with E-state index in [0.29, 0.717) is 12.3 Å². The van der Waals surface area contributed by atoms with Crippen LogP contribution >= 0.6 is 0 Å². The first-order chi connectivity index (χ1) is 8.24. The number of hydrogen-bond donors (Lipinski definition) is 1. The second-order valence-electron chi connectivity index (χ2n) is 4.62. The van der Waals surface area contributed by atoms with Gasteiger partial charge in [-0.1, -0.05) is 12.8 Å². The minimum Gasteiger partial charge on any atom is -0.459 e. The number of nitrogens with zero attached hydrogens (tertiary/aromatic N) is 1. The molecule has 2 heterocycles. The lowest BCUT2D eigenvalue weighted by atomic mass is 10.1. The molecule has 2 rings (SSSR count). The van der Waals surface area contributed by atoms with Crippen molar-refractivity contribution in [3.8, 4) is 0 Å². The molecule has 0 spiro atoms. The molecular formula is C13H19NO3. The minimum atomic E-state index is -0.0894. The van der Waals surface area contributed by atoms with Gasteiger partial charge in [-0.25, -0.2) is 0 Å². The Morgan fingerprint density at radius 3 is 3.00 bits per heavy atom. The fraction of sp³-hybridized carbons (Fsp3) is 0.615. The van der Waals surface area contributed by atoms with Gasteiger partial charge < -0.3 is 14.4 Å². The first kappa shape index (κ1) is 12.2. The molecule has 1 N–H and O–H groups in total. The van der Waals surface area contributed by atoms with Crippen LogP contribution in [0, 0.1) is 6.92 Å². The maximum atomic E-state index is 12.3. The Labute approximate surface area is 101 Å². The van der Waals surface area contributed by atoms with E-state index in [1.165, 1.54) is 6.26 Å². The van der Waals surface area contributed by atoms with E-state index in [4.69, 9.17) is 4.42 Å². The number of hydrogen-bond acceptors (Lipinski definition) is 3. The highest BCUT2D eigenvalue weighted by molar-refractivity contribution is 5.93. The number of likely N-dealkylation sites (tertiary alicyclic amines) is 1. The molecule has 1 unspecified atom stereocenters. The summed E-state index contributed by atoms with van der Waals surface area (Å²) in [7, 11) is 0. The summed E-state index contributed by atoms with van der Waals surface area (Å²) in [5, 5.41) is 9.38. The summed E-state index contributed by atoms with van der Waals surface area (Å²) in [5.74, 6) is 0.318. The highest BCUT2D eigenvalue weighted by Crippen LogP contribution is 2.20. The van der Waals surface area contributed by atoms with Gasteiger partial charge in [-0.3, -0.25) is 4.79 Å². The summed E-state index contributed by atoms with van der Waals surface area (Å²) in [4.78, 5) is 14.1. The molecule has 1 fully saturated rings. The molecule has 0 aromatic carbocycles. The van der Waals surface area contributed by atoms with E-state index in [2.05, 4.69) is 0 Å². The van der Waals surface area contributed by atoms with Crippen molar-refractivity contribution < 1.29 is 14.3 Å². The number of carbonyl (C=O) groups is 1. The van der Waals surface area contributed by atoms with Crippen LogP contribution in [-0.4, -0.2) is 35.1 Å². The van der Waals surface area contributed by atoms with Crippen LogP contribution in [0.5, 0.6) is 0 Å². The zero-order valence-corrected chi connectivity index (χ0v) is 10.2. The number of furan rings is 1. The van der Waals surface area contributed by atoms with Gasteiger partial charge in [-0.2, -0.15) is 0 Å². The standard InChI is InChI=1S/C13H19NO3/c1-10-6-8-17-12(10)13(16)14-7-4-2-3-5-11(14)9-15/h6,8,11,15H,2-5,7,9H2,1H3. The molecule has 1 aliphatic rings. The van der Waals surface area contributed by atoms with E-state index >= 15 is 0 Å². The number of amides is 1. The second-order valence-corrected chi connectivity index (χ2v) is 4.62. The van der Waals surface area contributed by atoms with Gasteiger partial charge in [-0.15, -0.1) is 0 Å². The molecule has 4 heteroatoms. The molecule has 4 nitrogen and oxygen atoms in total. The van der Waals surface area contributed by atoms with Gasteiger partial charge in [0.2, 0.25) is 0 Å². The molecule has 1 saturated heterocycles. The molecule has 1 aliphatic heterocycles. The van der Waals surface area contributed by atoms with Crippen LogP contribution in [0.2, 0.25) is 0 Å². The van der Waals surface area contributed by atoms with Crippen LogP contribution in [0.15, 0.2) is 16.7 Å². The third kappa shape index (κ3) is 2.52. The zero-order chi connectivity index (χ0) is 12.3. The van der Waals surface area contributed by atoms with E-state index in [0.717, 1.165) is 31.2 Å². The van der Waals surface area contributed by atoms with Crippen molar-refractivity contribution in [1.82, 2.24) is 4.90 Å². The van der Waals surface area contributed by atoms with Crippen molar-refractivity contribution in [2.75, 3.05) is 13.2 Å². The summed E-state index contributed by atoms with van der Waals surface area (Å²) in [6.07, 6.45) is 5.61. The van der Waals surface area contributed by atoms with Gasteiger partial charge in [0, 0.05) is 12.1 Å². The van der Waals surface area contributed by atoms with Crippen LogP contribution in [0.25, 0.3) is 0 Å². The summed E-state index contributed by atoms with van der Waals surface area (Å²) >= 11 is 0. The van der Waals surface area contributed by atoms with Gasteiger partial charge in [-0.05, 0) is 25.8 Å².